The van der Waals surface area contributed by atoms with Crippen molar-refractivity contribution in [2.24, 2.45) is 7.05 Å². The second-order valence-corrected chi connectivity index (χ2v) is 5.74. The van der Waals surface area contributed by atoms with Crippen molar-refractivity contribution in [1.82, 2.24) is 20.3 Å². The minimum Gasteiger partial charge on any atom is -0.479 e. The summed E-state index contributed by atoms with van der Waals surface area (Å²) in [5, 5.41) is 11.8. The first-order valence-electron chi connectivity index (χ1n) is 7.94. The highest BCUT2D eigenvalue weighted by molar-refractivity contribution is 5.96. The fourth-order valence-corrected chi connectivity index (χ4v) is 2.66. The van der Waals surface area contributed by atoms with E-state index in [1.54, 1.807) is 19.3 Å². The van der Waals surface area contributed by atoms with E-state index in [2.05, 4.69) is 15.6 Å². The molecule has 3 aromatic heterocycles. The van der Waals surface area contributed by atoms with E-state index in [-0.39, 0.29) is 18.3 Å². The highest BCUT2D eigenvalue weighted by Crippen LogP contribution is 2.28. The molecule has 0 aliphatic rings. The highest BCUT2D eigenvalue weighted by atomic mass is 16.5. The summed E-state index contributed by atoms with van der Waals surface area (Å²) >= 11 is 0. The van der Waals surface area contributed by atoms with Gasteiger partial charge in [-0.25, -0.2) is 0 Å². The number of rotatable bonds is 5. The number of methoxy groups -OCH3 is 1. The number of furan rings is 1. The van der Waals surface area contributed by atoms with Crippen LogP contribution in [0.2, 0.25) is 0 Å². The summed E-state index contributed by atoms with van der Waals surface area (Å²) in [6.07, 6.45) is 1.59. The van der Waals surface area contributed by atoms with Crippen molar-refractivity contribution < 1.29 is 18.5 Å². The Morgan fingerprint density at radius 2 is 2.12 bits per heavy atom. The number of amides is 1. The van der Waals surface area contributed by atoms with E-state index in [0.717, 1.165) is 11.0 Å². The van der Waals surface area contributed by atoms with Gasteiger partial charge in [-0.05, 0) is 12.1 Å². The molecule has 0 atom stereocenters. The SMILES string of the molecule is COc1nn(C)cc1C(=O)NCc1cc(-c2cc3ccccc3o2)on1. The third kappa shape index (κ3) is 2.92. The Balaban J connectivity index is 1.47. The predicted molar refractivity (Wildman–Crippen MR) is 92.6 cm³/mol. The van der Waals surface area contributed by atoms with Crippen LogP contribution >= 0.6 is 0 Å². The number of nitrogens with one attached hydrogen (secondary N) is 1. The third-order valence-electron chi connectivity index (χ3n) is 3.89. The van der Waals surface area contributed by atoms with Crippen molar-refractivity contribution in [2.75, 3.05) is 7.11 Å². The number of hydrogen-bond donors (Lipinski definition) is 1. The van der Waals surface area contributed by atoms with E-state index in [1.165, 1.54) is 11.8 Å². The second-order valence-electron chi connectivity index (χ2n) is 5.74. The molecule has 0 aliphatic carbocycles. The van der Waals surface area contributed by atoms with Gasteiger partial charge in [-0.1, -0.05) is 23.4 Å². The fraction of sp³-hybridized carbons (Fsp3) is 0.167. The third-order valence-corrected chi connectivity index (χ3v) is 3.89. The van der Waals surface area contributed by atoms with Crippen LogP contribution in [0.4, 0.5) is 0 Å². The molecule has 0 radical (unpaired) electrons. The Bertz CT molecular complexity index is 1040. The van der Waals surface area contributed by atoms with Crippen molar-refractivity contribution in [3.05, 3.63) is 53.9 Å². The van der Waals surface area contributed by atoms with Crippen molar-refractivity contribution in [1.29, 1.82) is 0 Å². The molecule has 0 bridgehead atoms. The number of carbonyl (C=O) groups is 1. The molecule has 0 saturated carbocycles. The summed E-state index contributed by atoms with van der Waals surface area (Å²) in [7, 11) is 3.19. The van der Waals surface area contributed by atoms with Crippen LogP contribution < -0.4 is 10.1 Å². The van der Waals surface area contributed by atoms with Crippen molar-refractivity contribution in [3.8, 4) is 17.4 Å². The maximum Gasteiger partial charge on any atom is 0.258 e. The van der Waals surface area contributed by atoms with Crippen LogP contribution in [0.1, 0.15) is 16.1 Å². The minimum atomic E-state index is -0.303. The van der Waals surface area contributed by atoms with Crippen LogP contribution in [0.5, 0.6) is 5.88 Å². The highest BCUT2D eigenvalue weighted by Gasteiger charge is 2.17. The average molecular weight is 352 g/mol. The normalized spacial score (nSPS) is 11.0. The van der Waals surface area contributed by atoms with E-state index in [1.807, 2.05) is 30.3 Å². The summed E-state index contributed by atoms with van der Waals surface area (Å²) in [5.41, 5.74) is 1.71. The second kappa shape index (κ2) is 6.40. The smallest absolute Gasteiger partial charge is 0.258 e. The van der Waals surface area contributed by atoms with Crippen molar-refractivity contribution in [3.63, 3.8) is 0 Å². The summed E-state index contributed by atoms with van der Waals surface area (Å²) in [6.45, 7) is 0.209. The number of para-hydroxylation sites is 1. The van der Waals surface area contributed by atoms with Gasteiger partial charge in [0.15, 0.2) is 5.76 Å². The maximum absolute atomic E-state index is 12.3. The summed E-state index contributed by atoms with van der Waals surface area (Å²) in [4.78, 5) is 12.3. The van der Waals surface area contributed by atoms with Gasteiger partial charge in [0.05, 0.1) is 13.7 Å². The van der Waals surface area contributed by atoms with Crippen LogP contribution in [0.25, 0.3) is 22.5 Å². The Morgan fingerprint density at radius 3 is 2.92 bits per heavy atom. The number of benzene rings is 1. The average Bonchev–Trinajstić information content (AvgIpc) is 3.36. The number of aryl methyl sites for hydroxylation is 1. The zero-order chi connectivity index (χ0) is 18.1. The number of ether oxygens (including phenoxy) is 1. The van der Waals surface area contributed by atoms with Gasteiger partial charge in [-0.15, -0.1) is 5.10 Å². The Kier molecular flexibility index (Phi) is 3.92. The standard InChI is InChI=1S/C18H16N4O4/c1-22-10-13(18(20-22)24-2)17(23)19-9-12-8-16(26-21-12)15-7-11-5-3-4-6-14(11)25-15/h3-8,10H,9H2,1-2H3,(H,19,23). The van der Waals surface area contributed by atoms with Crippen molar-refractivity contribution >= 4 is 16.9 Å². The molecule has 0 aliphatic heterocycles. The lowest BCUT2D eigenvalue weighted by atomic mass is 10.2. The van der Waals surface area contributed by atoms with Crippen LogP contribution in [0.3, 0.4) is 0 Å². The molecule has 0 fully saturated rings. The Hall–Kier alpha value is -3.55. The molecule has 0 unspecified atom stereocenters. The van der Waals surface area contributed by atoms with Gasteiger partial charge in [0.25, 0.3) is 5.91 Å². The molecule has 1 amide bonds. The molecule has 1 aromatic carbocycles. The zero-order valence-corrected chi connectivity index (χ0v) is 14.2. The topological polar surface area (TPSA) is 95.3 Å². The van der Waals surface area contributed by atoms with Gasteiger partial charge in [0, 0.05) is 24.7 Å². The summed E-state index contributed by atoms with van der Waals surface area (Å²) < 4.78 is 17.7. The molecular weight excluding hydrogens is 336 g/mol. The fourth-order valence-electron chi connectivity index (χ4n) is 2.66. The summed E-state index contributed by atoms with van der Waals surface area (Å²) in [5.74, 6) is 1.06. The molecule has 8 nitrogen and oxygen atoms in total. The van der Waals surface area contributed by atoms with Crippen molar-refractivity contribution in [2.45, 2.75) is 6.54 Å². The first-order valence-corrected chi connectivity index (χ1v) is 7.94. The molecule has 0 spiro atoms. The Morgan fingerprint density at radius 1 is 1.27 bits per heavy atom. The van der Waals surface area contributed by atoms with Gasteiger partial charge >= 0.3 is 0 Å². The molecule has 0 saturated heterocycles. The van der Waals surface area contributed by atoms with E-state index < -0.39 is 0 Å². The molecule has 4 aromatic rings. The van der Waals surface area contributed by atoms with E-state index in [0.29, 0.717) is 22.8 Å². The number of aromatic nitrogens is 3. The first kappa shape index (κ1) is 15.9. The molecule has 1 N–H and O–H groups in total. The Labute approximate surface area is 148 Å². The van der Waals surface area contributed by atoms with E-state index in [4.69, 9.17) is 13.7 Å². The molecule has 132 valence electrons. The van der Waals surface area contributed by atoms with E-state index >= 15 is 0 Å². The number of carbonyl (C=O) groups excluding carboxylic acids is 1. The number of fused-ring (bicyclic) bond motifs is 1. The number of nitrogens with zero attached hydrogens (tertiary/aromatic N) is 3. The lowest BCUT2D eigenvalue weighted by molar-refractivity contribution is 0.0947. The van der Waals surface area contributed by atoms with Gasteiger partial charge < -0.3 is 19.0 Å². The molecule has 26 heavy (non-hydrogen) atoms. The van der Waals surface area contributed by atoms with Gasteiger partial charge in [0.1, 0.15) is 16.8 Å². The van der Waals surface area contributed by atoms with E-state index in [9.17, 15) is 4.79 Å². The predicted octanol–water partition coefficient (Wildman–Crippen LogP) is 2.76. The molecular formula is C18H16N4O4. The van der Waals surface area contributed by atoms with Gasteiger partial charge in [0.2, 0.25) is 11.6 Å². The van der Waals surface area contributed by atoms with Gasteiger partial charge in [-0.2, -0.15) is 0 Å². The van der Waals surface area contributed by atoms with Crippen LogP contribution in [-0.2, 0) is 13.6 Å². The zero-order valence-electron chi connectivity index (χ0n) is 14.2. The first-order chi connectivity index (χ1) is 12.6. The quantitative estimate of drug-likeness (QED) is 0.593. The molecule has 8 heteroatoms. The molecule has 4 rings (SSSR count). The summed E-state index contributed by atoms with van der Waals surface area (Å²) in [6, 6.07) is 11.3. The lowest BCUT2D eigenvalue weighted by Gasteiger charge is -2.01. The largest absolute Gasteiger partial charge is 0.479 e. The lowest BCUT2D eigenvalue weighted by Crippen LogP contribution is -2.23. The van der Waals surface area contributed by atoms with Gasteiger partial charge in [-0.3, -0.25) is 9.48 Å². The minimum absolute atomic E-state index is 0.209. The monoisotopic (exact) mass is 352 g/mol. The van der Waals surface area contributed by atoms with Crippen LogP contribution in [-0.4, -0.2) is 28.0 Å². The number of hydrogen-bond acceptors (Lipinski definition) is 6. The van der Waals surface area contributed by atoms with Crippen LogP contribution in [0.15, 0.2) is 51.5 Å². The van der Waals surface area contributed by atoms with Crippen LogP contribution in [0, 0.1) is 0 Å². The molecule has 3 heterocycles. The maximum atomic E-state index is 12.3.